The van der Waals surface area contributed by atoms with Crippen molar-refractivity contribution in [3.05, 3.63) is 69.7 Å². The number of carbonyl (C=O) groups excluding carboxylic acids is 1. The highest BCUT2D eigenvalue weighted by Crippen LogP contribution is 2.38. The molecule has 1 aliphatic carbocycles. The second kappa shape index (κ2) is 5.41. The van der Waals surface area contributed by atoms with Crippen LogP contribution in [0.1, 0.15) is 52.2 Å². The first-order valence-corrected chi connectivity index (χ1v) is 7.44. The van der Waals surface area contributed by atoms with Crippen molar-refractivity contribution in [1.29, 1.82) is 0 Å². The molecule has 0 saturated heterocycles. The molecule has 2 heteroatoms. The molecule has 0 N–H and O–H groups in total. The summed E-state index contributed by atoms with van der Waals surface area (Å²) in [5.41, 5.74) is 3.69. The maximum absolute atomic E-state index is 12.7. The summed E-state index contributed by atoms with van der Waals surface area (Å²) in [5, 5.41) is 0.650. The van der Waals surface area contributed by atoms with E-state index in [4.69, 9.17) is 11.6 Å². The van der Waals surface area contributed by atoms with Gasteiger partial charge in [-0.3, -0.25) is 4.79 Å². The third-order valence-corrected chi connectivity index (χ3v) is 4.59. The molecule has 0 aromatic heterocycles. The number of rotatable bonds is 3. The lowest BCUT2D eigenvalue weighted by molar-refractivity contribution is 0.103. The van der Waals surface area contributed by atoms with Gasteiger partial charge in [-0.25, -0.2) is 0 Å². The molecule has 0 aliphatic heterocycles. The molecule has 0 amide bonds. The lowest BCUT2D eigenvalue weighted by Crippen LogP contribution is -2.14. The molecule has 1 aliphatic rings. The van der Waals surface area contributed by atoms with Gasteiger partial charge < -0.3 is 0 Å². The van der Waals surface area contributed by atoms with Crippen LogP contribution in [0, 0.1) is 6.92 Å². The summed E-state index contributed by atoms with van der Waals surface area (Å²) in [7, 11) is 0. The van der Waals surface area contributed by atoms with Crippen LogP contribution in [0.15, 0.2) is 42.5 Å². The van der Waals surface area contributed by atoms with Gasteiger partial charge in [-0.15, -0.1) is 0 Å². The van der Waals surface area contributed by atoms with Crippen LogP contribution in [-0.2, 0) is 0 Å². The maximum Gasteiger partial charge on any atom is 0.193 e. The minimum atomic E-state index is 0.0781. The van der Waals surface area contributed by atoms with Gasteiger partial charge in [-0.05, 0) is 42.9 Å². The van der Waals surface area contributed by atoms with E-state index in [1.807, 2.05) is 37.3 Å². The summed E-state index contributed by atoms with van der Waals surface area (Å²) in [5.74, 6) is 0.630. The highest BCUT2D eigenvalue weighted by molar-refractivity contribution is 6.31. The van der Waals surface area contributed by atoms with Gasteiger partial charge >= 0.3 is 0 Å². The SMILES string of the molecule is Cc1ccc(C(=O)c2ccccc2C2CCC2)cc1Cl. The van der Waals surface area contributed by atoms with Gasteiger partial charge in [0.2, 0.25) is 0 Å². The molecule has 0 unspecified atom stereocenters. The Morgan fingerprint density at radius 3 is 2.55 bits per heavy atom. The summed E-state index contributed by atoms with van der Waals surface area (Å²) in [4.78, 5) is 12.7. The van der Waals surface area contributed by atoms with Gasteiger partial charge in [0.15, 0.2) is 5.78 Å². The van der Waals surface area contributed by atoms with E-state index < -0.39 is 0 Å². The van der Waals surface area contributed by atoms with Gasteiger partial charge in [-0.2, -0.15) is 0 Å². The molecule has 0 heterocycles. The Morgan fingerprint density at radius 1 is 1.15 bits per heavy atom. The van der Waals surface area contributed by atoms with E-state index in [0.717, 1.165) is 11.1 Å². The Labute approximate surface area is 124 Å². The van der Waals surface area contributed by atoms with Crippen LogP contribution in [0.3, 0.4) is 0 Å². The molecule has 0 atom stereocenters. The highest BCUT2D eigenvalue weighted by atomic mass is 35.5. The van der Waals surface area contributed by atoms with Crippen LogP contribution in [-0.4, -0.2) is 5.78 Å². The van der Waals surface area contributed by atoms with Crippen LogP contribution in [0.2, 0.25) is 5.02 Å². The van der Waals surface area contributed by atoms with Crippen molar-refractivity contribution >= 4 is 17.4 Å². The van der Waals surface area contributed by atoms with Gasteiger partial charge in [-0.1, -0.05) is 54.4 Å². The van der Waals surface area contributed by atoms with Gasteiger partial charge in [0.25, 0.3) is 0 Å². The first-order chi connectivity index (χ1) is 9.66. The number of hydrogen-bond acceptors (Lipinski definition) is 1. The molecule has 0 spiro atoms. The minimum Gasteiger partial charge on any atom is -0.289 e. The van der Waals surface area contributed by atoms with Crippen LogP contribution >= 0.6 is 11.6 Å². The fourth-order valence-electron chi connectivity index (χ4n) is 2.67. The Morgan fingerprint density at radius 2 is 1.90 bits per heavy atom. The van der Waals surface area contributed by atoms with Crippen molar-refractivity contribution in [3.8, 4) is 0 Å². The fourth-order valence-corrected chi connectivity index (χ4v) is 2.85. The number of carbonyl (C=O) groups is 1. The van der Waals surface area contributed by atoms with Crippen LogP contribution in [0.5, 0.6) is 0 Å². The minimum absolute atomic E-state index is 0.0781. The summed E-state index contributed by atoms with van der Waals surface area (Å²) in [6, 6.07) is 13.5. The normalized spacial score (nSPS) is 14.9. The average molecular weight is 285 g/mol. The predicted molar refractivity (Wildman–Crippen MR) is 82.7 cm³/mol. The summed E-state index contributed by atoms with van der Waals surface area (Å²) < 4.78 is 0. The summed E-state index contributed by atoms with van der Waals surface area (Å²) in [6.07, 6.45) is 3.65. The van der Waals surface area contributed by atoms with Crippen molar-refractivity contribution < 1.29 is 4.79 Å². The highest BCUT2D eigenvalue weighted by Gasteiger charge is 2.24. The lowest BCUT2D eigenvalue weighted by Gasteiger charge is -2.27. The average Bonchev–Trinajstić information content (AvgIpc) is 2.40. The number of aryl methyl sites for hydroxylation is 1. The molecule has 102 valence electrons. The Hall–Kier alpha value is -1.60. The van der Waals surface area contributed by atoms with E-state index in [1.165, 1.54) is 24.8 Å². The first-order valence-electron chi connectivity index (χ1n) is 7.06. The number of hydrogen-bond donors (Lipinski definition) is 0. The quantitative estimate of drug-likeness (QED) is 0.713. The molecule has 20 heavy (non-hydrogen) atoms. The van der Waals surface area contributed by atoms with Crippen molar-refractivity contribution in [1.82, 2.24) is 0 Å². The van der Waals surface area contributed by atoms with Crippen molar-refractivity contribution in [3.63, 3.8) is 0 Å². The molecule has 1 fully saturated rings. The van der Waals surface area contributed by atoms with Crippen molar-refractivity contribution in [2.24, 2.45) is 0 Å². The van der Waals surface area contributed by atoms with Crippen LogP contribution in [0.4, 0.5) is 0 Å². The van der Waals surface area contributed by atoms with Gasteiger partial charge in [0.05, 0.1) is 0 Å². The molecule has 3 rings (SSSR count). The second-order valence-electron chi connectivity index (χ2n) is 5.51. The van der Waals surface area contributed by atoms with E-state index in [1.54, 1.807) is 6.07 Å². The molecular formula is C18H17ClO. The second-order valence-corrected chi connectivity index (χ2v) is 5.92. The fraction of sp³-hybridized carbons (Fsp3) is 0.278. The Kier molecular flexibility index (Phi) is 3.62. The third kappa shape index (κ3) is 2.38. The van der Waals surface area contributed by atoms with Crippen LogP contribution < -0.4 is 0 Å². The molecular weight excluding hydrogens is 268 g/mol. The van der Waals surface area contributed by atoms with Crippen molar-refractivity contribution in [2.45, 2.75) is 32.1 Å². The molecule has 1 nitrogen and oxygen atoms in total. The number of halogens is 1. The molecule has 2 aromatic carbocycles. The summed E-state index contributed by atoms with van der Waals surface area (Å²) in [6.45, 7) is 1.94. The maximum atomic E-state index is 12.7. The summed E-state index contributed by atoms with van der Waals surface area (Å²) >= 11 is 6.13. The Balaban J connectivity index is 1.99. The predicted octanol–water partition coefficient (Wildman–Crippen LogP) is 5.15. The lowest BCUT2D eigenvalue weighted by atomic mass is 9.77. The van der Waals surface area contributed by atoms with Crippen LogP contribution in [0.25, 0.3) is 0 Å². The Bertz CT molecular complexity index is 656. The number of benzene rings is 2. The van der Waals surface area contributed by atoms with E-state index in [9.17, 15) is 4.79 Å². The zero-order valence-electron chi connectivity index (χ0n) is 11.5. The molecule has 1 saturated carbocycles. The van der Waals surface area contributed by atoms with E-state index in [0.29, 0.717) is 16.5 Å². The van der Waals surface area contributed by atoms with E-state index in [-0.39, 0.29) is 5.78 Å². The standard InChI is InChI=1S/C18H17ClO/c1-12-9-10-14(11-17(12)19)18(20)16-8-3-2-7-15(16)13-5-4-6-13/h2-3,7-11,13H,4-6H2,1H3. The monoisotopic (exact) mass is 284 g/mol. The van der Waals surface area contributed by atoms with E-state index in [2.05, 4.69) is 6.07 Å². The largest absolute Gasteiger partial charge is 0.289 e. The zero-order valence-corrected chi connectivity index (χ0v) is 12.3. The van der Waals surface area contributed by atoms with E-state index >= 15 is 0 Å². The zero-order chi connectivity index (χ0) is 14.1. The number of ketones is 1. The third-order valence-electron chi connectivity index (χ3n) is 4.18. The van der Waals surface area contributed by atoms with Gasteiger partial charge in [0.1, 0.15) is 0 Å². The van der Waals surface area contributed by atoms with Gasteiger partial charge in [0, 0.05) is 16.1 Å². The smallest absolute Gasteiger partial charge is 0.193 e. The first kappa shape index (κ1) is 13.4. The topological polar surface area (TPSA) is 17.1 Å². The molecule has 0 bridgehead atoms. The molecule has 0 radical (unpaired) electrons. The van der Waals surface area contributed by atoms with Crippen molar-refractivity contribution in [2.75, 3.05) is 0 Å². The molecule has 2 aromatic rings.